The Bertz CT molecular complexity index is 398. The fourth-order valence-electron chi connectivity index (χ4n) is 1.79. The minimum atomic E-state index is -0.823. The first-order valence-corrected chi connectivity index (χ1v) is 5.86. The van der Waals surface area contributed by atoms with Crippen LogP contribution in [0.25, 0.3) is 0 Å². The molecule has 0 radical (unpaired) electrons. The van der Waals surface area contributed by atoms with Crippen molar-refractivity contribution in [3.63, 3.8) is 0 Å². The zero-order valence-corrected chi connectivity index (χ0v) is 10.9. The van der Waals surface area contributed by atoms with E-state index >= 15 is 0 Å². The topological polar surface area (TPSA) is 65.2 Å². The van der Waals surface area contributed by atoms with Gasteiger partial charge in [-0.25, -0.2) is 4.98 Å². The van der Waals surface area contributed by atoms with Crippen molar-refractivity contribution in [3.05, 3.63) is 23.4 Å². The lowest BCUT2D eigenvalue weighted by Gasteiger charge is -2.27. The number of carbonyl (C=O) groups is 1. The van der Waals surface area contributed by atoms with Crippen LogP contribution in [-0.4, -0.2) is 23.0 Å². The van der Waals surface area contributed by atoms with E-state index < -0.39 is 5.60 Å². The molecule has 0 saturated heterocycles. The Kier molecular flexibility index (Phi) is 4.23. The number of hydrogen-bond donors (Lipinski definition) is 1. The van der Waals surface area contributed by atoms with Crippen LogP contribution in [0.3, 0.4) is 0 Å². The number of nitrogen functional groups attached to an aromatic ring is 1. The molecule has 4 heteroatoms. The summed E-state index contributed by atoms with van der Waals surface area (Å²) in [5.74, 6) is 0.180. The zero-order chi connectivity index (χ0) is 13.1. The summed E-state index contributed by atoms with van der Waals surface area (Å²) in [5, 5.41) is 0. The van der Waals surface area contributed by atoms with E-state index in [1.54, 1.807) is 19.2 Å². The van der Waals surface area contributed by atoms with Crippen molar-refractivity contribution in [2.24, 2.45) is 0 Å². The van der Waals surface area contributed by atoms with Crippen LogP contribution < -0.4 is 5.73 Å². The van der Waals surface area contributed by atoms with E-state index in [4.69, 9.17) is 10.5 Å². The van der Waals surface area contributed by atoms with Gasteiger partial charge in [-0.05, 0) is 38.8 Å². The maximum atomic E-state index is 12.5. The first-order valence-electron chi connectivity index (χ1n) is 5.86. The molecule has 0 spiro atoms. The molecule has 2 N–H and O–H groups in total. The summed E-state index contributed by atoms with van der Waals surface area (Å²) in [5.41, 5.74) is 6.27. The standard InChI is InChI=1S/C13H20N2O2/c1-5-13(4,17-6-2)11(16)10-9(3)7-8-15-12(10)14/h7-8H,5-6H2,1-4H3,(H2,14,15). The van der Waals surface area contributed by atoms with E-state index in [-0.39, 0.29) is 11.6 Å². The van der Waals surface area contributed by atoms with Crippen LogP contribution in [0.5, 0.6) is 0 Å². The number of ether oxygens (including phenoxy) is 1. The minimum absolute atomic E-state index is 0.0926. The molecule has 1 aromatic rings. The van der Waals surface area contributed by atoms with Crippen LogP contribution in [0.4, 0.5) is 5.82 Å². The molecule has 0 saturated carbocycles. The number of aryl methyl sites for hydroxylation is 1. The van der Waals surface area contributed by atoms with Crippen molar-refractivity contribution < 1.29 is 9.53 Å². The lowest BCUT2D eigenvalue weighted by atomic mass is 9.90. The first-order chi connectivity index (χ1) is 7.96. The molecule has 0 aliphatic heterocycles. The summed E-state index contributed by atoms with van der Waals surface area (Å²) in [6, 6.07) is 1.78. The quantitative estimate of drug-likeness (QED) is 0.797. The summed E-state index contributed by atoms with van der Waals surface area (Å²) in [4.78, 5) is 16.5. The smallest absolute Gasteiger partial charge is 0.198 e. The average Bonchev–Trinajstić information content (AvgIpc) is 2.28. The molecule has 0 fully saturated rings. The molecule has 1 heterocycles. The van der Waals surface area contributed by atoms with Crippen LogP contribution in [0, 0.1) is 6.92 Å². The predicted molar refractivity (Wildman–Crippen MR) is 68.0 cm³/mol. The van der Waals surface area contributed by atoms with Crippen LogP contribution in [0.2, 0.25) is 0 Å². The van der Waals surface area contributed by atoms with E-state index in [1.165, 1.54) is 0 Å². The third kappa shape index (κ3) is 2.64. The zero-order valence-electron chi connectivity index (χ0n) is 10.9. The van der Waals surface area contributed by atoms with Gasteiger partial charge in [0.05, 0.1) is 5.56 Å². The van der Waals surface area contributed by atoms with Crippen molar-refractivity contribution in [2.75, 3.05) is 12.3 Å². The van der Waals surface area contributed by atoms with Gasteiger partial charge in [0, 0.05) is 12.8 Å². The molecule has 0 amide bonds. The Balaban J connectivity index is 3.19. The molecular weight excluding hydrogens is 216 g/mol. The van der Waals surface area contributed by atoms with E-state index in [1.807, 2.05) is 20.8 Å². The molecule has 0 bridgehead atoms. The molecule has 1 rings (SSSR count). The van der Waals surface area contributed by atoms with E-state index in [2.05, 4.69) is 4.98 Å². The number of pyridine rings is 1. The molecular formula is C13H20N2O2. The number of nitrogens with two attached hydrogens (primary N) is 1. The summed E-state index contributed by atoms with van der Waals surface area (Å²) in [7, 11) is 0. The maximum Gasteiger partial charge on any atom is 0.198 e. The highest BCUT2D eigenvalue weighted by Gasteiger charge is 2.34. The highest BCUT2D eigenvalue weighted by molar-refractivity contribution is 6.06. The van der Waals surface area contributed by atoms with E-state index in [9.17, 15) is 4.79 Å². The second-order valence-corrected chi connectivity index (χ2v) is 4.23. The molecule has 0 aromatic carbocycles. The summed E-state index contributed by atoms with van der Waals surface area (Å²) in [6.07, 6.45) is 2.21. The minimum Gasteiger partial charge on any atom is -0.383 e. The van der Waals surface area contributed by atoms with Gasteiger partial charge in [0.1, 0.15) is 11.4 Å². The Morgan fingerprint density at radius 1 is 1.53 bits per heavy atom. The number of Topliss-reactive ketones (excluding diaryl/α,β-unsaturated/α-hetero) is 1. The third-order valence-electron chi connectivity index (χ3n) is 3.03. The number of rotatable bonds is 5. The van der Waals surface area contributed by atoms with Gasteiger partial charge in [-0.3, -0.25) is 4.79 Å². The molecule has 1 aromatic heterocycles. The fourth-order valence-corrected chi connectivity index (χ4v) is 1.79. The summed E-state index contributed by atoms with van der Waals surface area (Å²) < 4.78 is 5.57. The van der Waals surface area contributed by atoms with Crippen molar-refractivity contribution >= 4 is 11.6 Å². The Morgan fingerprint density at radius 2 is 2.18 bits per heavy atom. The van der Waals surface area contributed by atoms with Crippen LogP contribution >= 0.6 is 0 Å². The first kappa shape index (κ1) is 13.6. The number of anilines is 1. The van der Waals surface area contributed by atoms with Crippen molar-refractivity contribution in [1.29, 1.82) is 0 Å². The van der Waals surface area contributed by atoms with Gasteiger partial charge in [-0.2, -0.15) is 0 Å². The third-order valence-corrected chi connectivity index (χ3v) is 3.03. The molecule has 1 unspecified atom stereocenters. The molecule has 1 atom stereocenters. The van der Waals surface area contributed by atoms with Gasteiger partial charge >= 0.3 is 0 Å². The number of aromatic nitrogens is 1. The Labute approximate surface area is 102 Å². The van der Waals surface area contributed by atoms with Crippen LogP contribution in [-0.2, 0) is 4.74 Å². The van der Waals surface area contributed by atoms with Gasteiger partial charge in [-0.1, -0.05) is 6.92 Å². The predicted octanol–water partition coefficient (Wildman–Crippen LogP) is 2.36. The average molecular weight is 236 g/mol. The lowest BCUT2D eigenvalue weighted by Crippen LogP contribution is -2.38. The molecule has 0 aliphatic rings. The summed E-state index contributed by atoms with van der Waals surface area (Å²) >= 11 is 0. The molecule has 17 heavy (non-hydrogen) atoms. The number of ketones is 1. The van der Waals surface area contributed by atoms with Crippen LogP contribution in [0.1, 0.15) is 43.1 Å². The highest BCUT2D eigenvalue weighted by atomic mass is 16.5. The molecule has 94 valence electrons. The molecule has 4 nitrogen and oxygen atoms in total. The van der Waals surface area contributed by atoms with Gasteiger partial charge in [0.25, 0.3) is 0 Å². The fraction of sp³-hybridized carbons (Fsp3) is 0.538. The van der Waals surface area contributed by atoms with Gasteiger partial charge < -0.3 is 10.5 Å². The Hall–Kier alpha value is -1.42. The number of hydrogen-bond acceptors (Lipinski definition) is 4. The van der Waals surface area contributed by atoms with Crippen molar-refractivity contribution in [3.8, 4) is 0 Å². The van der Waals surface area contributed by atoms with Gasteiger partial charge in [0.2, 0.25) is 0 Å². The monoisotopic (exact) mass is 236 g/mol. The SMILES string of the molecule is CCOC(C)(CC)C(=O)c1c(C)ccnc1N. The van der Waals surface area contributed by atoms with E-state index in [0.29, 0.717) is 18.6 Å². The van der Waals surface area contributed by atoms with Gasteiger partial charge in [-0.15, -0.1) is 0 Å². The maximum absolute atomic E-state index is 12.5. The van der Waals surface area contributed by atoms with Gasteiger partial charge in [0.15, 0.2) is 5.78 Å². The van der Waals surface area contributed by atoms with Crippen molar-refractivity contribution in [1.82, 2.24) is 4.98 Å². The normalized spacial score (nSPS) is 14.4. The van der Waals surface area contributed by atoms with Crippen molar-refractivity contribution in [2.45, 2.75) is 39.7 Å². The number of carbonyl (C=O) groups excluding carboxylic acids is 1. The lowest BCUT2D eigenvalue weighted by molar-refractivity contribution is -0.0116. The van der Waals surface area contributed by atoms with Crippen LogP contribution in [0.15, 0.2) is 12.3 Å². The summed E-state index contributed by atoms with van der Waals surface area (Å²) in [6.45, 7) is 7.95. The Morgan fingerprint density at radius 3 is 2.65 bits per heavy atom. The molecule has 0 aliphatic carbocycles. The highest BCUT2D eigenvalue weighted by Crippen LogP contribution is 2.25. The second kappa shape index (κ2) is 5.27. The van der Waals surface area contributed by atoms with E-state index in [0.717, 1.165) is 5.56 Å². The second-order valence-electron chi connectivity index (χ2n) is 4.23. The largest absolute Gasteiger partial charge is 0.383 e. The number of nitrogens with zero attached hydrogens (tertiary/aromatic N) is 1.